The van der Waals surface area contributed by atoms with Crippen LogP contribution in [0.5, 0.6) is 0 Å². The number of carbonyl (C=O) groups excluding carboxylic acids is 4. The third kappa shape index (κ3) is 40.4. The minimum Gasteiger partial charge on any atom is -0.465 e. The summed E-state index contributed by atoms with van der Waals surface area (Å²) in [4.78, 5) is 53.8. The van der Waals surface area contributed by atoms with E-state index in [-0.39, 0.29) is 91.5 Å². The van der Waals surface area contributed by atoms with Gasteiger partial charge in [0.1, 0.15) is 32.6 Å². The van der Waals surface area contributed by atoms with Gasteiger partial charge in [-0.2, -0.15) is 11.8 Å². The van der Waals surface area contributed by atoms with Gasteiger partial charge in [-0.15, -0.1) is 0 Å². The van der Waals surface area contributed by atoms with Crippen LogP contribution in [0.4, 0.5) is 0 Å². The predicted octanol–water partition coefficient (Wildman–Crippen LogP) is 15.5. The zero-order valence-electron chi connectivity index (χ0n) is 52.2. The molecule has 5 rings (SSSR count). The predicted molar refractivity (Wildman–Crippen MR) is 348 cm³/mol. The molecule has 5 aliphatic carbocycles. The number of esters is 3. The highest BCUT2D eigenvalue weighted by Gasteiger charge is 2.39. The molecule has 0 spiro atoms. The van der Waals surface area contributed by atoms with Gasteiger partial charge in [-0.25, -0.2) is 0 Å². The van der Waals surface area contributed by atoms with Crippen molar-refractivity contribution < 1.29 is 57.8 Å². The van der Waals surface area contributed by atoms with E-state index in [4.69, 9.17) is 33.2 Å². The van der Waals surface area contributed by atoms with Gasteiger partial charge >= 0.3 is 17.9 Å². The van der Waals surface area contributed by atoms with Gasteiger partial charge in [0, 0.05) is 44.3 Å². The summed E-state index contributed by atoms with van der Waals surface area (Å²) >= 11 is 1.92. The maximum atomic E-state index is 13.1. The number of hydrogen-bond acceptors (Lipinski definition) is 14. The van der Waals surface area contributed by atoms with E-state index in [2.05, 4.69) is 37.5 Å². The lowest BCUT2D eigenvalue weighted by Gasteiger charge is -2.29. The van der Waals surface area contributed by atoms with Crippen LogP contribution in [0.2, 0.25) is 0 Å². The first-order valence-electron chi connectivity index (χ1n) is 32.6. The van der Waals surface area contributed by atoms with Gasteiger partial charge in [0.15, 0.2) is 0 Å². The van der Waals surface area contributed by atoms with Crippen LogP contribution in [0, 0.1) is 40.4 Å². The largest absolute Gasteiger partial charge is 0.465 e. The average Bonchev–Trinajstić information content (AvgIpc) is 4.40. The van der Waals surface area contributed by atoms with Gasteiger partial charge in [0.05, 0.1) is 31.2 Å². The first kappa shape index (κ1) is 81.9. The van der Waals surface area contributed by atoms with Crippen molar-refractivity contribution in [2.75, 3.05) is 106 Å². The van der Waals surface area contributed by atoms with Crippen molar-refractivity contribution in [2.24, 2.45) is 34.5 Å². The summed E-state index contributed by atoms with van der Waals surface area (Å²) in [5.74, 6) is 4.54. The summed E-state index contributed by atoms with van der Waals surface area (Å²) in [6, 6.07) is 0. The van der Waals surface area contributed by atoms with Crippen molar-refractivity contribution in [1.29, 1.82) is 0 Å². The number of nitrogens with one attached hydrogen (secondary N) is 1. The molecule has 15 heteroatoms. The number of thioether (sulfide) groups is 1. The minimum atomic E-state index is -0.681. The number of allylic oxidation sites excluding steroid dienone is 2. The Labute approximate surface area is 519 Å². The molecule has 0 aromatic heterocycles. The first-order chi connectivity index (χ1) is 38.8. The molecule has 495 valence electrons. The Morgan fingerprint density at radius 3 is 1.42 bits per heavy atom. The quantitative estimate of drug-likeness (QED) is 0.0200. The van der Waals surface area contributed by atoms with E-state index in [1.807, 2.05) is 24.8 Å². The fraction of sp³-hybridized carbons (Fsp3) is 0.899. The molecule has 0 heterocycles. The molecule has 1 radical (unpaired) electrons. The SMILES string of the molecule is C.C.C.CC(COCOCCCC1CCCCCC1)(COC(=O)CCCNCCCCOCOCC(C)(COC(=O)CCC1CCCCC1)CC1=C[C]1C(=O)CCC1CCCCC1)COC(=O)CCC1CCCCC1.CSCCCN(C)C.O. The topological polar surface area (TPSA) is 180 Å². The molecule has 4 saturated carbocycles. The molecule has 14 nitrogen and oxygen atoms in total. The van der Waals surface area contributed by atoms with Gasteiger partial charge in [-0.3, -0.25) is 19.2 Å². The number of unbranched alkanes of at least 4 members (excludes halogenated alkanes) is 1. The van der Waals surface area contributed by atoms with Crippen molar-refractivity contribution in [3.05, 3.63) is 17.6 Å². The van der Waals surface area contributed by atoms with Crippen molar-refractivity contribution >= 4 is 35.5 Å². The zero-order valence-corrected chi connectivity index (χ0v) is 53.0. The molecular formula is C69H131N2O12S. The van der Waals surface area contributed by atoms with Gasteiger partial charge < -0.3 is 48.9 Å². The molecule has 5 aliphatic rings. The van der Waals surface area contributed by atoms with E-state index in [9.17, 15) is 19.2 Å². The van der Waals surface area contributed by atoms with Gasteiger partial charge in [-0.1, -0.05) is 183 Å². The van der Waals surface area contributed by atoms with Crippen molar-refractivity contribution in [3.63, 3.8) is 0 Å². The van der Waals surface area contributed by atoms with Crippen LogP contribution in [0.25, 0.3) is 0 Å². The van der Waals surface area contributed by atoms with Crippen LogP contribution in [0.3, 0.4) is 0 Å². The van der Waals surface area contributed by atoms with E-state index in [1.54, 1.807) is 0 Å². The number of carbonyl (C=O) groups is 4. The summed E-state index contributed by atoms with van der Waals surface area (Å²) < 4.78 is 41.1. The molecule has 0 aliphatic heterocycles. The highest BCUT2D eigenvalue weighted by molar-refractivity contribution is 7.98. The molecule has 2 unspecified atom stereocenters. The third-order valence-electron chi connectivity index (χ3n) is 17.4. The molecule has 0 bridgehead atoms. The van der Waals surface area contributed by atoms with Gasteiger partial charge in [0.25, 0.3) is 0 Å². The Kier molecular flexibility index (Phi) is 49.4. The van der Waals surface area contributed by atoms with Crippen LogP contribution in [-0.4, -0.2) is 140 Å². The van der Waals surface area contributed by atoms with Crippen LogP contribution in [-0.2, 0) is 52.3 Å². The van der Waals surface area contributed by atoms with Crippen LogP contribution in [0.1, 0.15) is 261 Å². The summed E-state index contributed by atoms with van der Waals surface area (Å²) in [6.07, 6.45) is 42.4. The lowest BCUT2D eigenvalue weighted by molar-refractivity contribution is -0.160. The highest BCUT2D eigenvalue weighted by Crippen LogP contribution is 2.43. The lowest BCUT2D eigenvalue weighted by Crippen LogP contribution is -2.36. The fourth-order valence-electron chi connectivity index (χ4n) is 12.2. The second kappa shape index (κ2) is 50.7. The number of hydrogen-bond donors (Lipinski definition) is 1. The Bertz CT molecular complexity index is 1660. The number of ether oxygens (including phenoxy) is 7. The minimum absolute atomic E-state index is 0. The second-order valence-corrected chi connectivity index (χ2v) is 26.9. The van der Waals surface area contributed by atoms with Crippen molar-refractivity contribution in [1.82, 2.24) is 10.2 Å². The van der Waals surface area contributed by atoms with Crippen molar-refractivity contribution in [3.8, 4) is 0 Å². The van der Waals surface area contributed by atoms with E-state index in [0.717, 1.165) is 62.5 Å². The number of nitrogens with zero attached hydrogens (tertiary/aromatic N) is 1. The molecule has 3 N–H and O–H groups in total. The molecule has 4 fully saturated rings. The van der Waals surface area contributed by atoms with Crippen LogP contribution in [0.15, 0.2) is 11.6 Å². The number of rotatable bonds is 43. The highest BCUT2D eigenvalue weighted by atomic mass is 32.2. The Morgan fingerprint density at radius 1 is 0.512 bits per heavy atom. The molecule has 84 heavy (non-hydrogen) atoms. The normalized spacial score (nSPS) is 18.6. The smallest absolute Gasteiger partial charge is 0.305 e. The van der Waals surface area contributed by atoms with Gasteiger partial charge in [0.2, 0.25) is 0 Å². The molecule has 0 amide bonds. The third-order valence-corrected chi connectivity index (χ3v) is 18.1. The maximum absolute atomic E-state index is 13.1. The fourth-order valence-corrected chi connectivity index (χ4v) is 12.6. The second-order valence-electron chi connectivity index (χ2n) is 25.9. The number of ketones is 1. The summed E-state index contributed by atoms with van der Waals surface area (Å²) in [5.41, 5.74) is -0.0718. The van der Waals surface area contributed by atoms with E-state index in [1.165, 1.54) is 160 Å². The standard InChI is InChI=1S/C60H102NO11.C6H15NS.3CH4.H2O/c1-59(44-70-57(64)34-31-51-24-12-6-13-25-51,41-53-40-54(53)55(62)33-30-50-22-10-5-11-23-50)42-68-47-66-38-17-16-36-61-37-18-29-56(63)71-45-60(2,46-72-58(65)35-32-52-26-14-7-15-27-52)43-69-48-67-39-19-28-49-20-8-3-4-9-21-49;1-7(2)5-4-6-8-3;;;;/h40,49-52,61H,3-39,41-48H2,1-2H3;4-6H2,1-3H3;3*1H4;1H2. The maximum Gasteiger partial charge on any atom is 0.305 e. The monoisotopic (exact) mass is 1210 g/mol. The summed E-state index contributed by atoms with van der Waals surface area (Å²) in [7, 11) is 4.22. The summed E-state index contributed by atoms with van der Waals surface area (Å²) in [6.45, 7) is 9.40. The van der Waals surface area contributed by atoms with Crippen LogP contribution >= 0.6 is 11.8 Å². The molecular weight excluding hydrogens is 1080 g/mol. The number of Topliss-reactive ketones (excluding diaryl/α,β-unsaturated/α-hetero) is 1. The van der Waals surface area contributed by atoms with E-state index in [0.29, 0.717) is 82.6 Å². The van der Waals surface area contributed by atoms with Crippen LogP contribution < -0.4 is 5.32 Å². The molecule has 0 aromatic carbocycles. The average molecular weight is 1210 g/mol. The molecule has 2 atom stereocenters. The Balaban J connectivity index is 0.00000533. The Hall–Kier alpha value is -2.11. The zero-order chi connectivity index (χ0) is 57.4. The summed E-state index contributed by atoms with van der Waals surface area (Å²) in [5, 5.41) is 3.43. The first-order valence-corrected chi connectivity index (χ1v) is 34.0. The van der Waals surface area contributed by atoms with E-state index >= 15 is 0 Å². The Morgan fingerprint density at radius 2 is 0.929 bits per heavy atom. The van der Waals surface area contributed by atoms with E-state index < -0.39 is 10.8 Å². The van der Waals surface area contributed by atoms with Gasteiger partial charge in [-0.05, 0) is 134 Å². The molecule has 0 saturated heterocycles. The lowest BCUT2D eigenvalue weighted by atomic mass is 9.84. The van der Waals surface area contributed by atoms with Crippen molar-refractivity contribution in [2.45, 2.75) is 261 Å². The molecule has 0 aromatic rings.